The van der Waals surface area contributed by atoms with Gasteiger partial charge in [0.1, 0.15) is 5.60 Å². The van der Waals surface area contributed by atoms with E-state index in [2.05, 4.69) is 50.8 Å². The van der Waals surface area contributed by atoms with E-state index in [1.54, 1.807) is 0 Å². The third-order valence-corrected chi connectivity index (χ3v) is 8.90. The van der Waals surface area contributed by atoms with E-state index < -0.39 is 5.60 Å². The van der Waals surface area contributed by atoms with Crippen LogP contribution in [0.5, 0.6) is 0 Å². The summed E-state index contributed by atoms with van der Waals surface area (Å²) in [5, 5.41) is 1.41. The van der Waals surface area contributed by atoms with Crippen molar-refractivity contribution < 1.29 is 9.53 Å². The topological polar surface area (TPSA) is 26.3 Å². The molecule has 4 rings (SSSR count). The number of carbonyl (C=O) groups is 1. The van der Waals surface area contributed by atoms with Crippen LogP contribution in [0.1, 0.15) is 47.5 Å². The molecule has 0 radical (unpaired) electrons. The summed E-state index contributed by atoms with van der Waals surface area (Å²) < 4.78 is 5.85. The Morgan fingerprint density at radius 1 is 1.17 bits per heavy atom. The smallest absolute Gasteiger partial charge is 0.310 e. The van der Waals surface area contributed by atoms with Crippen LogP contribution in [0.25, 0.3) is 0 Å². The molecule has 3 aliphatic rings. The highest BCUT2D eigenvalue weighted by atomic mass is 31.1. The average Bonchev–Trinajstić information content (AvgIpc) is 2.52. The second kappa shape index (κ2) is 6.13. The lowest BCUT2D eigenvalue weighted by Gasteiger charge is -2.62. The van der Waals surface area contributed by atoms with E-state index in [0.29, 0.717) is 11.6 Å². The molecule has 0 aliphatic heterocycles. The monoisotopic (exact) mass is 346 g/mol. The van der Waals surface area contributed by atoms with Gasteiger partial charge >= 0.3 is 5.97 Å². The molecule has 1 unspecified atom stereocenters. The zero-order valence-corrected chi connectivity index (χ0v) is 16.8. The first-order valence-electron chi connectivity index (χ1n) is 9.12. The number of esters is 1. The second-order valence-corrected chi connectivity index (χ2v) is 11.6. The molecule has 24 heavy (non-hydrogen) atoms. The van der Waals surface area contributed by atoms with E-state index in [4.69, 9.17) is 4.74 Å². The molecule has 2 bridgehead atoms. The largest absolute Gasteiger partial charge is 0.460 e. The second-order valence-electron chi connectivity index (χ2n) is 9.17. The summed E-state index contributed by atoms with van der Waals surface area (Å²) in [7, 11) is -0.346. The molecule has 132 valence electrons. The number of benzene rings is 1. The Morgan fingerprint density at radius 3 is 2.33 bits per heavy atom. The minimum atomic E-state index is -0.407. The van der Waals surface area contributed by atoms with E-state index >= 15 is 0 Å². The maximum atomic E-state index is 13.1. The Labute approximate surface area is 148 Å². The number of carbonyl (C=O) groups excluding carboxylic acids is 1. The molecule has 1 aromatic carbocycles. The van der Waals surface area contributed by atoms with Gasteiger partial charge in [-0.15, -0.1) is 0 Å². The molecule has 1 aromatic rings. The SMILES string of the molecule is CP(c1ccccc1)[C@H]1C[C@H]2C[C@@H]([C@@H]1C(=O)OC(C)(C)C)C2(C)C. The minimum absolute atomic E-state index is 0.0361. The van der Waals surface area contributed by atoms with E-state index in [0.717, 1.165) is 5.92 Å². The Morgan fingerprint density at radius 2 is 1.79 bits per heavy atom. The predicted molar refractivity (Wildman–Crippen MR) is 102 cm³/mol. The Kier molecular flexibility index (Phi) is 4.58. The van der Waals surface area contributed by atoms with E-state index in [9.17, 15) is 4.79 Å². The first-order chi connectivity index (χ1) is 11.1. The maximum absolute atomic E-state index is 13.1. The van der Waals surface area contributed by atoms with Gasteiger partial charge in [0.05, 0.1) is 5.92 Å². The van der Waals surface area contributed by atoms with E-state index in [1.165, 1.54) is 18.1 Å². The van der Waals surface area contributed by atoms with Crippen LogP contribution in [0.15, 0.2) is 30.3 Å². The quantitative estimate of drug-likeness (QED) is 0.579. The van der Waals surface area contributed by atoms with Crippen molar-refractivity contribution in [1.29, 1.82) is 0 Å². The number of ether oxygens (including phenoxy) is 1. The standard InChI is InChI=1S/C21H31O2P/c1-20(2,3)23-19(22)18-16-12-14(21(16,4)5)13-17(18)24(6)15-10-8-7-9-11-15/h7-11,14,16-18H,12-13H2,1-6H3/t14-,16+,17+,18+,24?/m1/s1. The van der Waals surface area contributed by atoms with Crippen molar-refractivity contribution in [3.05, 3.63) is 30.3 Å². The van der Waals surface area contributed by atoms with Gasteiger partial charge in [0.2, 0.25) is 0 Å². The van der Waals surface area contributed by atoms with Gasteiger partial charge < -0.3 is 4.74 Å². The third-order valence-electron chi connectivity index (χ3n) is 6.26. The Bertz CT molecular complexity index is 602. The van der Waals surface area contributed by atoms with Crippen LogP contribution in [-0.4, -0.2) is 23.9 Å². The summed E-state index contributed by atoms with van der Waals surface area (Å²) in [6.45, 7) is 13.0. The van der Waals surface area contributed by atoms with Crippen LogP contribution in [0.2, 0.25) is 0 Å². The zero-order chi connectivity index (χ0) is 17.7. The van der Waals surface area contributed by atoms with Crippen LogP contribution in [0.3, 0.4) is 0 Å². The van der Waals surface area contributed by atoms with Gasteiger partial charge in [-0.3, -0.25) is 4.79 Å². The van der Waals surface area contributed by atoms with Crippen molar-refractivity contribution in [1.82, 2.24) is 0 Å². The molecule has 3 saturated carbocycles. The number of hydrogen-bond donors (Lipinski definition) is 0. The highest BCUT2D eigenvalue weighted by Gasteiger charge is 2.61. The molecule has 0 saturated heterocycles. The fraction of sp³-hybridized carbons (Fsp3) is 0.667. The van der Waals surface area contributed by atoms with Gasteiger partial charge in [-0.25, -0.2) is 0 Å². The van der Waals surface area contributed by atoms with E-state index in [-0.39, 0.29) is 25.2 Å². The van der Waals surface area contributed by atoms with Crippen LogP contribution in [-0.2, 0) is 9.53 Å². The predicted octanol–water partition coefficient (Wildman–Crippen LogP) is 4.82. The highest BCUT2D eigenvalue weighted by Crippen LogP contribution is 2.66. The van der Waals surface area contributed by atoms with Crippen LogP contribution in [0.4, 0.5) is 0 Å². The molecule has 0 aromatic heterocycles. The van der Waals surface area contributed by atoms with Crippen molar-refractivity contribution in [3.8, 4) is 0 Å². The first-order valence-corrected chi connectivity index (χ1v) is 11.0. The van der Waals surface area contributed by atoms with Gasteiger partial charge in [-0.1, -0.05) is 52.1 Å². The summed E-state index contributed by atoms with van der Waals surface area (Å²) >= 11 is 0. The summed E-state index contributed by atoms with van der Waals surface area (Å²) in [5.74, 6) is 1.33. The normalized spacial score (nSPS) is 32.6. The number of rotatable bonds is 3. The first kappa shape index (κ1) is 17.9. The van der Waals surface area contributed by atoms with Crippen molar-refractivity contribution in [2.45, 2.75) is 58.7 Å². The minimum Gasteiger partial charge on any atom is -0.460 e. The number of fused-ring (bicyclic) bond motifs is 2. The summed E-state index contributed by atoms with van der Waals surface area (Å²) in [4.78, 5) is 13.1. The molecule has 0 N–H and O–H groups in total. The van der Waals surface area contributed by atoms with Crippen LogP contribution in [0, 0.1) is 23.2 Å². The zero-order valence-electron chi connectivity index (χ0n) is 15.9. The average molecular weight is 346 g/mol. The van der Waals surface area contributed by atoms with Crippen LogP contribution >= 0.6 is 7.92 Å². The molecular weight excluding hydrogens is 315 g/mol. The summed E-state index contributed by atoms with van der Waals surface area (Å²) in [6.07, 6.45) is 2.37. The van der Waals surface area contributed by atoms with Gasteiger partial charge in [-0.2, -0.15) is 0 Å². The summed E-state index contributed by atoms with van der Waals surface area (Å²) in [5.41, 5.74) is 0.328. The van der Waals surface area contributed by atoms with Crippen molar-refractivity contribution in [3.63, 3.8) is 0 Å². The molecular formula is C21H31O2P. The van der Waals surface area contributed by atoms with Crippen molar-refractivity contribution >= 4 is 19.2 Å². The fourth-order valence-electron chi connectivity index (χ4n) is 4.72. The molecule has 0 amide bonds. The van der Waals surface area contributed by atoms with Gasteiger partial charge in [0.25, 0.3) is 0 Å². The third kappa shape index (κ3) is 3.15. The molecule has 0 heterocycles. The van der Waals surface area contributed by atoms with Gasteiger partial charge in [-0.05, 0) is 68.5 Å². The summed E-state index contributed by atoms with van der Waals surface area (Å²) in [6, 6.07) is 10.8. The van der Waals surface area contributed by atoms with E-state index in [1.807, 2.05) is 20.8 Å². The molecule has 3 fully saturated rings. The molecule has 3 heteroatoms. The van der Waals surface area contributed by atoms with Crippen LogP contribution < -0.4 is 5.30 Å². The van der Waals surface area contributed by atoms with Crippen molar-refractivity contribution in [2.75, 3.05) is 6.66 Å². The highest BCUT2D eigenvalue weighted by molar-refractivity contribution is 7.65. The Hall–Kier alpha value is -0.880. The number of hydrogen-bond acceptors (Lipinski definition) is 2. The molecule has 5 atom stereocenters. The van der Waals surface area contributed by atoms with Gasteiger partial charge in [0.15, 0.2) is 0 Å². The fourth-order valence-corrected chi connectivity index (χ4v) is 7.12. The molecule has 0 spiro atoms. The maximum Gasteiger partial charge on any atom is 0.310 e. The van der Waals surface area contributed by atoms with Crippen molar-refractivity contribution in [2.24, 2.45) is 23.2 Å². The lowest BCUT2D eigenvalue weighted by Crippen LogP contribution is -2.60. The molecule has 3 aliphatic carbocycles. The lowest BCUT2D eigenvalue weighted by molar-refractivity contribution is -0.179. The van der Waals surface area contributed by atoms with Gasteiger partial charge in [0, 0.05) is 0 Å². The molecule has 2 nitrogen and oxygen atoms in total. The lowest BCUT2D eigenvalue weighted by atomic mass is 9.45. The Balaban J connectivity index is 1.88.